The monoisotopic (exact) mass is 485 g/mol. The average Bonchev–Trinajstić information content (AvgIpc) is 2.81. The van der Waals surface area contributed by atoms with E-state index in [0.717, 1.165) is 5.56 Å². The van der Waals surface area contributed by atoms with Crippen molar-refractivity contribution in [2.45, 2.75) is 51.8 Å². The lowest BCUT2D eigenvalue weighted by atomic mass is 9.94. The Bertz CT molecular complexity index is 1200. The highest BCUT2D eigenvalue weighted by Crippen LogP contribution is 2.45. The predicted molar refractivity (Wildman–Crippen MR) is 131 cm³/mol. The molecule has 1 heterocycles. The standard InChI is InChI=1S/C26H29FNO5P/c1-5-21-24(33-25(30)26(6-2,17(4)29)34(31)32)22(18-12-14-20(27)15-13-18)16(3)23(28-21)19-10-8-7-9-11-19/h7-15,17,29,34H,5-6H2,1-4H3,(H,31,32). The molecule has 3 aromatic rings. The maximum atomic E-state index is 13.7. The summed E-state index contributed by atoms with van der Waals surface area (Å²) in [7, 11) is -3.51. The third kappa shape index (κ3) is 4.69. The largest absolute Gasteiger partial charge is 0.423 e. The van der Waals surface area contributed by atoms with Gasteiger partial charge in [0.15, 0.2) is 10.9 Å². The molecule has 0 saturated carbocycles. The Morgan fingerprint density at radius 1 is 1.12 bits per heavy atom. The van der Waals surface area contributed by atoms with Gasteiger partial charge in [-0.3, -0.25) is 9.36 Å². The molecule has 180 valence electrons. The van der Waals surface area contributed by atoms with Crippen molar-refractivity contribution in [1.29, 1.82) is 0 Å². The summed E-state index contributed by atoms with van der Waals surface area (Å²) in [6, 6.07) is 15.3. The van der Waals surface area contributed by atoms with E-state index in [1.54, 1.807) is 19.1 Å². The van der Waals surface area contributed by atoms with Crippen LogP contribution in [0.4, 0.5) is 4.39 Å². The zero-order chi connectivity index (χ0) is 25.0. The fraction of sp³-hybridized carbons (Fsp3) is 0.308. The van der Waals surface area contributed by atoms with Crippen molar-refractivity contribution in [1.82, 2.24) is 4.98 Å². The summed E-state index contributed by atoms with van der Waals surface area (Å²) >= 11 is 0. The zero-order valence-electron chi connectivity index (χ0n) is 19.6. The number of aliphatic hydroxyl groups is 1. The number of carbonyl (C=O) groups excluding carboxylic acids is 1. The third-order valence-corrected chi connectivity index (χ3v) is 7.93. The Hall–Kier alpha value is -2.86. The fourth-order valence-corrected chi connectivity index (χ4v) is 4.99. The minimum absolute atomic E-state index is 0.0837. The lowest BCUT2D eigenvalue weighted by Crippen LogP contribution is -2.47. The molecule has 0 bridgehead atoms. The first-order valence-electron chi connectivity index (χ1n) is 11.2. The second-order valence-corrected chi connectivity index (χ2v) is 9.66. The number of halogens is 1. The smallest absolute Gasteiger partial charge is 0.329 e. The van der Waals surface area contributed by atoms with Crippen LogP contribution in [-0.4, -0.2) is 32.2 Å². The lowest BCUT2D eigenvalue weighted by molar-refractivity contribution is -0.140. The van der Waals surface area contributed by atoms with E-state index in [9.17, 15) is 23.7 Å². The van der Waals surface area contributed by atoms with E-state index < -0.39 is 31.1 Å². The summed E-state index contributed by atoms with van der Waals surface area (Å²) in [6.45, 7) is 6.54. The topological polar surface area (TPSA) is 96.7 Å². The maximum Gasteiger partial charge on any atom is 0.329 e. The first-order valence-corrected chi connectivity index (χ1v) is 12.5. The molecule has 0 radical (unpaired) electrons. The Balaban J connectivity index is 2.29. The van der Waals surface area contributed by atoms with Gasteiger partial charge in [-0.2, -0.15) is 0 Å². The molecular formula is C26H29FNO5P. The molecule has 3 unspecified atom stereocenters. The highest BCUT2D eigenvalue weighted by atomic mass is 31.1. The number of esters is 1. The van der Waals surface area contributed by atoms with E-state index in [1.165, 1.54) is 19.1 Å². The fourth-order valence-electron chi connectivity index (χ4n) is 4.10. The summed E-state index contributed by atoms with van der Waals surface area (Å²) in [6.07, 6.45) is -1.09. The molecule has 34 heavy (non-hydrogen) atoms. The number of rotatable bonds is 8. The van der Waals surface area contributed by atoms with Crippen LogP contribution in [0, 0.1) is 12.7 Å². The molecule has 0 amide bonds. The lowest BCUT2D eigenvalue weighted by Gasteiger charge is -2.31. The van der Waals surface area contributed by atoms with Gasteiger partial charge in [0, 0.05) is 11.1 Å². The maximum absolute atomic E-state index is 13.7. The molecule has 6 nitrogen and oxygen atoms in total. The number of carbonyl (C=O) groups is 1. The number of hydrogen-bond donors (Lipinski definition) is 2. The van der Waals surface area contributed by atoms with Gasteiger partial charge in [0.25, 0.3) is 0 Å². The minimum atomic E-state index is -3.51. The van der Waals surface area contributed by atoms with Gasteiger partial charge >= 0.3 is 5.97 Å². The van der Waals surface area contributed by atoms with Crippen molar-refractivity contribution < 1.29 is 28.5 Å². The van der Waals surface area contributed by atoms with Gasteiger partial charge in [0.1, 0.15) is 5.82 Å². The molecule has 0 fully saturated rings. The molecule has 0 saturated heterocycles. The molecule has 3 atom stereocenters. The summed E-state index contributed by atoms with van der Waals surface area (Å²) in [5, 5.41) is 8.32. The first-order chi connectivity index (χ1) is 16.2. The van der Waals surface area contributed by atoms with Gasteiger partial charge in [-0.25, -0.2) is 9.37 Å². The van der Waals surface area contributed by atoms with Crippen LogP contribution in [0.2, 0.25) is 0 Å². The van der Waals surface area contributed by atoms with Crippen molar-refractivity contribution in [2.24, 2.45) is 0 Å². The Labute approximate surface area is 199 Å². The molecule has 3 rings (SSSR count). The molecule has 8 heteroatoms. The zero-order valence-corrected chi connectivity index (χ0v) is 20.6. The van der Waals surface area contributed by atoms with Crippen LogP contribution in [-0.2, 0) is 15.8 Å². The van der Waals surface area contributed by atoms with Gasteiger partial charge in [-0.15, -0.1) is 0 Å². The summed E-state index contributed by atoms with van der Waals surface area (Å²) in [4.78, 5) is 28.1. The normalized spacial score (nSPS) is 14.8. The molecule has 0 spiro atoms. The van der Waals surface area contributed by atoms with Crippen LogP contribution in [0.15, 0.2) is 54.6 Å². The third-order valence-electron chi connectivity index (χ3n) is 6.19. The van der Waals surface area contributed by atoms with Gasteiger partial charge in [0.05, 0.1) is 17.5 Å². The summed E-state index contributed by atoms with van der Waals surface area (Å²) in [5.41, 5.74) is 3.85. The predicted octanol–water partition coefficient (Wildman–Crippen LogP) is 5.33. The van der Waals surface area contributed by atoms with Gasteiger partial charge in [-0.05, 0) is 49.9 Å². The van der Waals surface area contributed by atoms with Crippen molar-refractivity contribution in [3.8, 4) is 28.1 Å². The van der Waals surface area contributed by atoms with Gasteiger partial charge in [-0.1, -0.05) is 56.3 Å². The number of aryl methyl sites for hydroxylation is 1. The van der Waals surface area contributed by atoms with Crippen LogP contribution in [0.5, 0.6) is 5.75 Å². The van der Waals surface area contributed by atoms with Gasteiger partial charge in [0.2, 0.25) is 8.03 Å². The number of aliphatic hydroxyl groups excluding tert-OH is 1. The average molecular weight is 485 g/mol. The van der Waals surface area contributed by atoms with Crippen LogP contribution in [0.3, 0.4) is 0 Å². The second-order valence-electron chi connectivity index (χ2n) is 8.16. The first kappa shape index (κ1) is 25.8. The van der Waals surface area contributed by atoms with Crippen molar-refractivity contribution in [3.05, 3.63) is 71.7 Å². The Morgan fingerprint density at radius 3 is 2.24 bits per heavy atom. The number of nitrogens with zero attached hydrogens (tertiary/aromatic N) is 1. The number of benzene rings is 2. The van der Waals surface area contributed by atoms with Crippen molar-refractivity contribution in [2.75, 3.05) is 0 Å². The van der Waals surface area contributed by atoms with Crippen LogP contribution >= 0.6 is 8.03 Å². The van der Waals surface area contributed by atoms with E-state index in [1.807, 2.05) is 44.2 Å². The van der Waals surface area contributed by atoms with Crippen molar-refractivity contribution in [3.63, 3.8) is 0 Å². The van der Waals surface area contributed by atoms with E-state index in [4.69, 9.17) is 9.72 Å². The summed E-state index contributed by atoms with van der Waals surface area (Å²) < 4.78 is 31.8. The number of hydrogen-bond acceptors (Lipinski definition) is 5. The molecule has 1 aromatic heterocycles. The van der Waals surface area contributed by atoms with Crippen LogP contribution in [0.1, 0.15) is 38.4 Å². The van der Waals surface area contributed by atoms with E-state index >= 15 is 0 Å². The highest BCUT2D eigenvalue weighted by Gasteiger charge is 2.49. The molecule has 0 aliphatic rings. The van der Waals surface area contributed by atoms with Crippen LogP contribution in [0.25, 0.3) is 22.4 Å². The highest BCUT2D eigenvalue weighted by molar-refractivity contribution is 7.41. The molecule has 2 aromatic carbocycles. The SMILES string of the molecule is CCc1nc(-c2ccccc2)c(C)c(-c2ccc(F)cc2)c1OC(=O)C(CC)(C(C)O)[PH](=O)O. The molecule has 2 N–H and O–H groups in total. The molecule has 0 aliphatic carbocycles. The number of pyridine rings is 1. The van der Waals surface area contributed by atoms with Crippen molar-refractivity contribution >= 4 is 14.0 Å². The molecular weight excluding hydrogens is 456 g/mol. The van der Waals surface area contributed by atoms with E-state index in [-0.39, 0.29) is 12.2 Å². The quantitative estimate of drug-likeness (QED) is 0.331. The van der Waals surface area contributed by atoms with Crippen LogP contribution < -0.4 is 4.74 Å². The number of aromatic nitrogens is 1. The van der Waals surface area contributed by atoms with Gasteiger partial charge < -0.3 is 14.7 Å². The Kier molecular flexibility index (Phi) is 8.03. The van der Waals surface area contributed by atoms with E-state index in [2.05, 4.69) is 0 Å². The summed E-state index contributed by atoms with van der Waals surface area (Å²) in [5.74, 6) is -1.27. The minimum Gasteiger partial charge on any atom is -0.423 e. The van der Waals surface area contributed by atoms with E-state index in [0.29, 0.717) is 34.5 Å². The molecule has 0 aliphatic heterocycles. The second kappa shape index (κ2) is 10.6. The number of ether oxygens (including phenoxy) is 1. The Morgan fingerprint density at radius 2 is 1.74 bits per heavy atom.